The van der Waals surface area contributed by atoms with Crippen LogP contribution in [0.5, 0.6) is 0 Å². The number of hydrogen-bond acceptors (Lipinski definition) is 5. The lowest BCUT2D eigenvalue weighted by atomic mass is 9.85. The lowest BCUT2D eigenvalue weighted by Gasteiger charge is -2.34. The summed E-state index contributed by atoms with van der Waals surface area (Å²) in [6.07, 6.45) is 4.80. The lowest BCUT2D eigenvalue weighted by Crippen LogP contribution is -2.60. The SMILES string of the molecule is CCC(F)(NC(=O)C1(Nc2nc3ccc(F)cc3s2)C=CC(c2ccccc2)=CC1)C(=O)O. The van der Waals surface area contributed by atoms with Crippen LogP contribution in [-0.2, 0) is 9.59 Å². The van der Waals surface area contributed by atoms with Crippen LogP contribution in [0.1, 0.15) is 25.3 Å². The minimum Gasteiger partial charge on any atom is -0.477 e. The first-order valence-electron chi connectivity index (χ1n) is 10.3. The van der Waals surface area contributed by atoms with Gasteiger partial charge in [-0.05, 0) is 35.4 Å². The van der Waals surface area contributed by atoms with E-state index < -0.39 is 35.4 Å². The summed E-state index contributed by atoms with van der Waals surface area (Å²) in [7, 11) is 0. The van der Waals surface area contributed by atoms with Crippen LogP contribution in [0, 0.1) is 5.82 Å². The van der Waals surface area contributed by atoms with E-state index in [1.807, 2.05) is 41.7 Å². The minimum absolute atomic E-state index is 0.114. The number of carbonyl (C=O) groups is 2. The Morgan fingerprint density at radius 1 is 1.24 bits per heavy atom. The lowest BCUT2D eigenvalue weighted by molar-refractivity contribution is -0.157. The van der Waals surface area contributed by atoms with Gasteiger partial charge in [-0.2, -0.15) is 0 Å². The van der Waals surface area contributed by atoms with E-state index in [-0.39, 0.29) is 6.42 Å². The maximum Gasteiger partial charge on any atom is 0.362 e. The molecule has 1 aromatic heterocycles. The number of carboxylic acid groups (broad SMARTS) is 1. The second-order valence-electron chi connectivity index (χ2n) is 7.70. The van der Waals surface area contributed by atoms with Gasteiger partial charge in [-0.1, -0.05) is 60.7 Å². The molecule has 1 heterocycles. The van der Waals surface area contributed by atoms with Gasteiger partial charge in [0.25, 0.3) is 11.7 Å². The van der Waals surface area contributed by atoms with Crippen molar-refractivity contribution < 1.29 is 23.5 Å². The van der Waals surface area contributed by atoms with E-state index in [1.165, 1.54) is 25.1 Å². The average Bonchev–Trinajstić information content (AvgIpc) is 3.20. The van der Waals surface area contributed by atoms with Crippen LogP contribution in [0.2, 0.25) is 0 Å². The topological polar surface area (TPSA) is 91.3 Å². The molecule has 2 aromatic carbocycles. The number of thiazole rings is 1. The van der Waals surface area contributed by atoms with Crippen LogP contribution in [0.3, 0.4) is 0 Å². The van der Waals surface area contributed by atoms with Crippen molar-refractivity contribution in [2.75, 3.05) is 5.32 Å². The highest BCUT2D eigenvalue weighted by molar-refractivity contribution is 7.22. The van der Waals surface area contributed by atoms with E-state index in [0.717, 1.165) is 22.5 Å². The van der Waals surface area contributed by atoms with Gasteiger partial charge in [0.15, 0.2) is 5.13 Å². The van der Waals surface area contributed by atoms with Gasteiger partial charge < -0.3 is 15.7 Å². The van der Waals surface area contributed by atoms with E-state index in [0.29, 0.717) is 15.3 Å². The fraction of sp³-hybridized carbons (Fsp3) is 0.208. The Morgan fingerprint density at radius 3 is 2.64 bits per heavy atom. The fourth-order valence-electron chi connectivity index (χ4n) is 3.53. The number of aliphatic carboxylic acids is 1. The van der Waals surface area contributed by atoms with Crippen molar-refractivity contribution >= 4 is 44.1 Å². The van der Waals surface area contributed by atoms with Gasteiger partial charge in [-0.25, -0.2) is 18.6 Å². The zero-order valence-corrected chi connectivity index (χ0v) is 18.5. The molecule has 170 valence electrons. The largest absolute Gasteiger partial charge is 0.477 e. The highest BCUT2D eigenvalue weighted by Crippen LogP contribution is 2.34. The van der Waals surface area contributed by atoms with E-state index >= 15 is 0 Å². The van der Waals surface area contributed by atoms with Gasteiger partial charge in [0.1, 0.15) is 11.4 Å². The molecule has 33 heavy (non-hydrogen) atoms. The second-order valence-corrected chi connectivity index (χ2v) is 8.74. The van der Waals surface area contributed by atoms with Crippen molar-refractivity contribution in [1.29, 1.82) is 0 Å². The van der Waals surface area contributed by atoms with E-state index in [1.54, 1.807) is 12.2 Å². The third-order valence-corrected chi connectivity index (χ3v) is 6.46. The van der Waals surface area contributed by atoms with Crippen LogP contribution >= 0.6 is 11.3 Å². The molecule has 2 atom stereocenters. The van der Waals surface area contributed by atoms with Crippen molar-refractivity contribution in [1.82, 2.24) is 10.3 Å². The number of halogens is 2. The molecule has 1 aliphatic rings. The number of carbonyl (C=O) groups excluding carboxylic acids is 1. The zero-order valence-electron chi connectivity index (χ0n) is 17.6. The molecular formula is C24H21F2N3O3S. The molecule has 3 aromatic rings. The second kappa shape index (κ2) is 8.74. The normalized spacial score (nSPS) is 19.5. The summed E-state index contributed by atoms with van der Waals surface area (Å²) in [6.45, 7) is 1.33. The smallest absolute Gasteiger partial charge is 0.362 e. The average molecular weight is 470 g/mol. The van der Waals surface area contributed by atoms with Crippen molar-refractivity contribution in [3.8, 4) is 0 Å². The molecule has 0 radical (unpaired) electrons. The number of anilines is 1. The summed E-state index contributed by atoms with van der Waals surface area (Å²) in [6, 6.07) is 13.7. The molecule has 3 N–H and O–H groups in total. The standard InChI is InChI=1S/C24H21F2N3O3S/c1-2-24(26,21(31)32)28-20(30)23(12-10-16(11-13-23)15-6-4-3-5-7-15)29-22-27-18-9-8-17(25)14-19(18)33-22/h3-12,14H,2,13H2,1H3,(H,27,29)(H,28,30)(H,31,32). The van der Waals surface area contributed by atoms with Crippen molar-refractivity contribution in [3.63, 3.8) is 0 Å². The number of hydrogen-bond donors (Lipinski definition) is 3. The van der Waals surface area contributed by atoms with Gasteiger partial charge in [-0.15, -0.1) is 0 Å². The number of fused-ring (bicyclic) bond motifs is 1. The zero-order chi connectivity index (χ0) is 23.6. The number of nitrogens with zero attached hydrogens (tertiary/aromatic N) is 1. The summed E-state index contributed by atoms with van der Waals surface area (Å²) in [5, 5.41) is 14.7. The number of alkyl halides is 1. The Bertz CT molecular complexity index is 1270. The molecule has 0 bridgehead atoms. The van der Waals surface area contributed by atoms with Gasteiger partial charge in [-0.3, -0.25) is 4.79 Å². The predicted molar refractivity (Wildman–Crippen MR) is 124 cm³/mol. The molecular weight excluding hydrogens is 448 g/mol. The van der Waals surface area contributed by atoms with Gasteiger partial charge in [0.2, 0.25) is 0 Å². The molecule has 0 spiro atoms. The van der Waals surface area contributed by atoms with E-state index in [9.17, 15) is 23.5 Å². The molecule has 1 amide bonds. The van der Waals surface area contributed by atoms with Crippen LogP contribution in [0.25, 0.3) is 15.8 Å². The number of benzene rings is 2. The number of amides is 1. The van der Waals surface area contributed by atoms with Gasteiger partial charge >= 0.3 is 5.97 Å². The third-order valence-electron chi connectivity index (χ3n) is 5.52. The Kier molecular flexibility index (Phi) is 5.99. The molecule has 0 saturated carbocycles. The van der Waals surface area contributed by atoms with Crippen LogP contribution < -0.4 is 10.6 Å². The number of carboxylic acids is 1. The molecule has 2 unspecified atom stereocenters. The van der Waals surface area contributed by atoms with Crippen molar-refractivity contribution in [2.24, 2.45) is 0 Å². The first-order chi connectivity index (χ1) is 15.7. The number of rotatable bonds is 7. The van der Waals surface area contributed by atoms with E-state index in [4.69, 9.17) is 0 Å². The van der Waals surface area contributed by atoms with E-state index in [2.05, 4.69) is 10.3 Å². The Morgan fingerprint density at radius 2 is 2.00 bits per heavy atom. The van der Waals surface area contributed by atoms with Crippen LogP contribution in [0.4, 0.5) is 13.9 Å². The molecule has 1 aliphatic carbocycles. The third kappa shape index (κ3) is 4.49. The van der Waals surface area contributed by atoms with Gasteiger partial charge in [0.05, 0.1) is 10.2 Å². The molecule has 9 heteroatoms. The van der Waals surface area contributed by atoms with Crippen LogP contribution in [0.15, 0.2) is 66.8 Å². The quantitative estimate of drug-likeness (QED) is 0.428. The summed E-state index contributed by atoms with van der Waals surface area (Å²) >= 11 is 1.14. The minimum atomic E-state index is -2.92. The number of nitrogens with one attached hydrogen (secondary N) is 2. The molecule has 6 nitrogen and oxygen atoms in total. The molecule has 0 fully saturated rings. The highest BCUT2D eigenvalue weighted by atomic mass is 32.1. The number of allylic oxidation sites excluding steroid dienone is 2. The fourth-order valence-corrected chi connectivity index (χ4v) is 4.50. The summed E-state index contributed by atoms with van der Waals surface area (Å²) < 4.78 is 29.0. The summed E-state index contributed by atoms with van der Waals surface area (Å²) in [5.41, 5.74) is 0.857. The molecule has 4 rings (SSSR count). The Hall–Kier alpha value is -3.59. The maximum atomic E-state index is 14.9. The molecule has 0 saturated heterocycles. The van der Waals surface area contributed by atoms with Gasteiger partial charge in [0, 0.05) is 12.8 Å². The van der Waals surface area contributed by atoms with Crippen molar-refractivity contribution in [2.45, 2.75) is 31.1 Å². The molecule has 0 aliphatic heterocycles. The number of aromatic nitrogens is 1. The first-order valence-corrected chi connectivity index (χ1v) is 11.1. The maximum absolute atomic E-state index is 14.9. The monoisotopic (exact) mass is 469 g/mol. The summed E-state index contributed by atoms with van der Waals surface area (Å²) in [5.74, 6) is -5.95. The predicted octanol–water partition coefficient (Wildman–Crippen LogP) is 4.91. The summed E-state index contributed by atoms with van der Waals surface area (Å²) in [4.78, 5) is 29.1. The Labute approximate surface area is 192 Å². The first kappa shape index (κ1) is 22.6. The Balaban J connectivity index is 1.69. The van der Waals surface area contributed by atoms with Crippen LogP contribution in [-0.4, -0.2) is 33.3 Å². The highest BCUT2D eigenvalue weighted by Gasteiger charge is 2.45. The van der Waals surface area contributed by atoms with Crippen molar-refractivity contribution in [3.05, 3.63) is 78.1 Å².